The van der Waals surface area contributed by atoms with Gasteiger partial charge in [-0.15, -0.1) is 0 Å². The Morgan fingerprint density at radius 2 is 1.59 bits per heavy atom. The fourth-order valence-electron chi connectivity index (χ4n) is 3.41. The molecule has 1 fully saturated rings. The summed E-state index contributed by atoms with van der Waals surface area (Å²) < 4.78 is 27.3. The molecule has 1 saturated heterocycles. The van der Waals surface area contributed by atoms with Crippen molar-refractivity contribution in [2.24, 2.45) is 0 Å². The minimum absolute atomic E-state index is 0.0815. The molecule has 0 radical (unpaired) electrons. The normalized spacial score (nSPS) is 15.7. The zero-order valence-corrected chi connectivity index (χ0v) is 16.8. The molecule has 0 amide bonds. The molecule has 3 rings (SSSR count). The van der Waals surface area contributed by atoms with E-state index in [0.29, 0.717) is 12.1 Å². The van der Waals surface area contributed by atoms with Crippen molar-refractivity contribution in [2.75, 3.05) is 48.1 Å². The van der Waals surface area contributed by atoms with E-state index in [1.54, 1.807) is 0 Å². The molecular formula is C21H29N3O2S. The van der Waals surface area contributed by atoms with Crippen molar-refractivity contribution in [1.82, 2.24) is 4.90 Å². The molecule has 2 aromatic rings. The van der Waals surface area contributed by atoms with Crippen LogP contribution in [0.1, 0.15) is 18.9 Å². The standard InChI is InChI=1S/C21H29N3O2S/c1-2-13-23-14-16-24(17-15-23)21-10-8-20(9-11-21)22-27(25,26)18-12-19-6-4-3-5-7-19/h3-11,22H,2,12-18H2,1H3. The third-order valence-corrected chi connectivity index (χ3v) is 6.21. The van der Waals surface area contributed by atoms with E-state index < -0.39 is 10.0 Å². The number of nitrogens with one attached hydrogen (secondary N) is 1. The number of rotatable bonds is 8. The van der Waals surface area contributed by atoms with Crippen LogP contribution in [-0.2, 0) is 16.4 Å². The maximum Gasteiger partial charge on any atom is 0.233 e. The third kappa shape index (κ3) is 5.97. The number of anilines is 2. The fourth-order valence-corrected chi connectivity index (χ4v) is 4.52. The number of nitrogens with zero attached hydrogens (tertiary/aromatic N) is 2. The molecular weight excluding hydrogens is 358 g/mol. The SMILES string of the molecule is CCCN1CCN(c2ccc(NS(=O)(=O)CCc3ccccc3)cc2)CC1. The molecule has 5 nitrogen and oxygen atoms in total. The van der Waals surface area contributed by atoms with Crippen molar-refractivity contribution in [1.29, 1.82) is 0 Å². The summed E-state index contributed by atoms with van der Waals surface area (Å²) in [5.74, 6) is 0.0815. The molecule has 1 aliphatic heterocycles. The summed E-state index contributed by atoms with van der Waals surface area (Å²) >= 11 is 0. The van der Waals surface area contributed by atoms with Crippen LogP contribution in [0.5, 0.6) is 0 Å². The molecule has 6 heteroatoms. The molecule has 2 aromatic carbocycles. The summed E-state index contributed by atoms with van der Waals surface area (Å²) in [4.78, 5) is 4.85. The van der Waals surface area contributed by atoms with Crippen LogP contribution in [0.3, 0.4) is 0 Å². The van der Waals surface area contributed by atoms with Gasteiger partial charge in [0.1, 0.15) is 0 Å². The molecule has 0 bridgehead atoms. The van der Waals surface area contributed by atoms with Gasteiger partial charge >= 0.3 is 0 Å². The summed E-state index contributed by atoms with van der Waals surface area (Å²) in [6.07, 6.45) is 1.70. The van der Waals surface area contributed by atoms with E-state index in [0.717, 1.165) is 44.0 Å². The first-order valence-electron chi connectivity index (χ1n) is 9.67. The van der Waals surface area contributed by atoms with Crippen LogP contribution in [0.2, 0.25) is 0 Å². The fraction of sp³-hybridized carbons (Fsp3) is 0.429. The van der Waals surface area contributed by atoms with Gasteiger partial charge in [-0.3, -0.25) is 9.62 Å². The summed E-state index contributed by atoms with van der Waals surface area (Å²) in [7, 11) is -3.35. The Hall–Kier alpha value is -2.05. The second-order valence-corrected chi connectivity index (χ2v) is 8.87. The highest BCUT2D eigenvalue weighted by Gasteiger charge is 2.17. The Morgan fingerprint density at radius 1 is 0.926 bits per heavy atom. The Bertz CT molecular complexity index is 799. The molecule has 0 unspecified atom stereocenters. The van der Waals surface area contributed by atoms with Gasteiger partial charge < -0.3 is 4.90 Å². The lowest BCUT2D eigenvalue weighted by Crippen LogP contribution is -2.46. The van der Waals surface area contributed by atoms with Crippen molar-refractivity contribution in [3.63, 3.8) is 0 Å². The molecule has 27 heavy (non-hydrogen) atoms. The first-order chi connectivity index (χ1) is 13.1. The number of piperazine rings is 1. The smallest absolute Gasteiger partial charge is 0.233 e. The number of aryl methyl sites for hydroxylation is 1. The predicted molar refractivity (Wildman–Crippen MR) is 113 cm³/mol. The maximum absolute atomic E-state index is 12.3. The van der Waals surface area contributed by atoms with Gasteiger partial charge in [-0.25, -0.2) is 8.42 Å². The highest BCUT2D eigenvalue weighted by atomic mass is 32.2. The van der Waals surface area contributed by atoms with E-state index >= 15 is 0 Å². The molecule has 0 aromatic heterocycles. The van der Waals surface area contributed by atoms with Crippen LogP contribution in [0.4, 0.5) is 11.4 Å². The maximum atomic E-state index is 12.3. The van der Waals surface area contributed by atoms with E-state index in [4.69, 9.17) is 0 Å². The second kappa shape index (κ2) is 9.24. The first-order valence-corrected chi connectivity index (χ1v) is 11.3. The molecule has 1 heterocycles. The van der Waals surface area contributed by atoms with E-state index in [2.05, 4.69) is 21.4 Å². The summed E-state index contributed by atoms with van der Waals surface area (Å²) in [6.45, 7) is 7.58. The number of sulfonamides is 1. The van der Waals surface area contributed by atoms with Crippen molar-refractivity contribution in [3.8, 4) is 0 Å². The first kappa shape index (κ1) is 19.7. The van der Waals surface area contributed by atoms with Gasteiger partial charge in [0.15, 0.2) is 0 Å². The lowest BCUT2D eigenvalue weighted by Gasteiger charge is -2.36. The lowest BCUT2D eigenvalue weighted by atomic mass is 10.2. The van der Waals surface area contributed by atoms with Crippen molar-refractivity contribution in [2.45, 2.75) is 19.8 Å². The number of benzene rings is 2. The highest BCUT2D eigenvalue weighted by molar-refractivity contribution is 7.92. The van der Waals surface area contributed by atoms with E-state index in [-0.39, 0.29) is 5.75 Å². The minimum atomic E-state index is -3.35. The van der Waals surface area contributed by atoms with E-state index in [1.807, 2.05) is 54.6 Å². The third-order valence-electron chi connectivity index (χ3n) is 4.92. The molecule has 0 aliphatic carbocycles. The molecule has 146 valence electrons. The van der Waals surface area contributed by atoms with Gasteiger partial charge in [0, 0.05) is 37.6 Å². The summed E-state index contributed by atoms with van der Waals surface area (Å²) in [6, 6.07) is 17.4. The van der Waals surface area contributed by atoms with Gasteiger partial charge in [0.05, 0.1) is 5.75 Å². The van der Waals surface area contributed by atoms with E-state index in [1.165, 1.54) is 6.42 Å². The van der Waals surface area contributed by atoms with Gasteiger partial charge in [0.25, 0.3) is 0 Å². The second-order valence-electron chi connectivity index (χ2n) is 7.03. The zero-order valence-electron chi connectivity index (χ0n) is 16.0. The largest absolute Gasteiger partial charge is 0.369 e. The molecule has 1 N–H and O–H groups in total. The van der Waals surface area contributed by atoms with Crippen LogP contribution in [0.15, 0.2) is 54.6 Å². The summed E-state index contributed by atoms with van der Waals surface area (Å²) in [5, 5.41) is 0. The molecule has 0 spiro atoms. The van der Waals surface area contributed by atoms with Gasteiger partial charge in [-0.1, -0.05) is 37.3 Å². The van der Waals surface area contributed by atoms with Crippen molar-refractivity contribution < 1.29 is 8.42 Å². The van der Waals surface area contributed by atoms with Gasteiger partial charge in [0.2, 0.25) is 10.0 Å². The van der Waals surface area contributed by atoms with Crippen LogP contribution >= 0.6 is 0 Å². The molecule has 0 atom stereocenters. The zero-order chi connectivity index (χ0) is 19.1. The van der Waals surface area contributed by atoms with Crippen LogP contribution in [0, 0.1) is 0 Å². The minimum Gasteiger partial charge on any atom is -0.369 e. The topological polar surface area (TPSA) is 52.6 Å². The van der Waals surface area contributed by atoms with Gasteiger partial charge in [-0.2, -0.15) is 0 Å². The van der Waals surface area contributed by atoms with Crippen molar-refractivity contribution >= 4 is 21.4 Å². The molecule has 1 aliphatic rings. The monoisotopic (exact) mass is 387 g/mol. The average molecular weight is 388 g/mol. The van der Waals surface area contributed by atoms with E-state index in [9.17, 15) is 8.42 Å². The number of hydrogen-bond donors (Lipinski definition) is 1. The molecule has 0 saturated carbocycles. The van der Waals surface area contributed by atoms with Crippen LogP contribution < -0.4 is 9.62 Å². The quantitative estimate of drug-likeness (QED) is 0.756. The van der Waals surface area contributed by atoms with Crippen LogP contribution in [0.25, 0.3) is 0 Å². The predicted octanol–water partition coefficient (Wildman–Crippen LogP) is 3.20. The average Bonchev–Trinajstić information content (AvgIpc) is 2.69. The number of hydrogen-bond acceptors (Lipinski definition) is 4. The van der Waals surface area contributed by atoms with Crippen molar-refractivity contribution in [3.05, 3.63) is 60.2 Å². The Balaban J connectivity index is 1.52. The van der Waals surface area contributed by atoms with Crippen LogP contribution in [-0.4, -0.2) is 51.8 Å². The Morgan fingerprint density at radius 3 is 2.22 bits per heavy atom. The Kier molecular flexibility index (Phi) is 6.74. The Labute approximate surface area is 163 Å². The highest BCUT2D eigenvalue weighted by Crippen LogP contribution is 2.20. The summed E-state index contributed by atoms with van der Waals surface area (Å²) in [5.41, 5.74) is 2.80. The van der Waals surface area contributed by atoms with Gasteiger partial charge in [-0.05, 0) is 49.2 Å². The lowest BCUT2D eigenvalue weighted by molar-refractivity contribution is 0.258.